The van der Waals surface area contributed by atoms with Crippen LogP contribution in [0.2, 0.25) is 0 Å². The molecule has 1 N–H and O–H groups in total. The van der Waals surface area contributed by atoms with Crippen LogP contribution >= 0.6 is 0 Å². The summed E-state index contributed by atoms with van der Waals surface area (Å²) in [5, 5.41) is 11.4. The highest BCUT2D eigenvalue weighted by Gasteiger charge is 2.06. The molecule has 0 aliphatic heterocycles. The van der Waals surface area contributed by atoms with E-state index in [1.807, 2.05) is 65.0 Å². The highest BCUT2D eigenvalue weighted by atomic mass is 16.5. The maximum absolute atomic E-state index is 8.42. The van der Waals surface area contributed by atoms with E-state index in [0.29, 0.717) is 13.5 Å². The van der Waals surface area contributed by atoms with Crippen molar-refractivity contribution >= 4 is 6.21 Å². The summed E-state index contributed by atoms with van der Waals surface area (Å²) in [5.74, 6) is 0. The second-order valence-corrected chi connectivity index (χ2v) is 4.16. The zero-order valence-electron chi connectivity index (χ0n) is 10.8. The summed E-state index contributed by atoms with van der Waals surface area (Å²) in [4.78, 5) is 0. The quantitative estimate of drug-likeness (QED) is 0.377. The van der Waals surface area contributed by atoms with Crippen molar-refractivity contribution in [1.29, 1.82) is 0 Å². The van der Waals surface area contributed by atoms with E-state index in [1.54, 1.807) is 0 Å². The van der Waals surface area contributed by atoms with Crippen molar-refractivity contribution in [3.63, 3.8) is 0 Å². The van der Waals surface area contributed by atoms with Gasteiger partial charge in [-0.3, -0.25) is 4.74 Å². The summed E-state index contributed by atoms with van der Waals surface area (Å²) in [5.41, 5.74) is 1.99. The Bertz CT molecular complexity index is 553. The molecule has 5 heteroatoms. The molecule has 0 fully saturated rings. The van der Waals surface area contributed by atoms with Crippen molar-refractivity contribution in [1.82, 2.24) is 0 Å². The van der Waals surface area contributed by atoms with E-state index in [1.165, 1.54) is 6.21 Å². The predicted molar refractivity (Wildman–Crippen MR) is 68.5 cm³/mol. The number of rotatable bonds is 5. The molecular formula is C14H17N3O2+2. The van der Waals surface area contributed by atoms with Gasteiger partial charge in [-0.1, -0.05) is 11.2 Å². The molecule has 0 spiro atoms. The van der Waals surface area contributed by atoms with Crippen LogP contribution in [0, 0.1) is 6.92 Å². The van der Waals surface area contributed by atoms with E-state index in [0.717, 1.165) is 11.3 Å². The first-order valence-corrected chi connectivity index (χ1v) is 5.99. The number of hydrogen-bond donors (Lipinski definition) is 1. The number of hydrogen-bond acceptors (Lipinski definition) is 3. The van der Waals surface area contributed by atoms with E-state index in [9.17, 15) is 0 Å². The van der Waals surface area contributed by atoms with Crippen molar-refractivity contribution in [3.05, 3.63) is 60.2 Å². The molecule has 0 saturated heterocycles. The normalized spacial score (nSPS) is 11.0. The lowest BCUT2D eigenvalue weighted by molar-refractivity contribution is -0.790. The van der Waals surface area contributed by atoms with Gasteiger partial charge in [0.05, 0.1) is 6.21 Å². The topological polar surface area (TPSA) is 49.6 Å². The average molecular weight is 259 g/mol. The molecule has 2 aromatic rings. The Balaban J connectivity index is 1.87. The standard InChI is InChI=1S/C14H16N3O2/c1-13-4-2-3-7-17(13)12-19-11-16-8-5-14(6-9-16)10-15-18/h2-10H,11-12H2,1H3/q+1/p+1. The Morgan fingerprint density at radius 3 is 2.63 bits per heavy atom. The van der Waals surface area contributed by atoms with Crippen LogP contribution in [0.5, 0.6) is 0 Å². The van der Waals surface area contributed by atoms with E-state index in [2.05, 4.69) is 5.16 Å². The smallest absolute Gasteiger partial charge is 0.258 e. The average Bonchev–Trinajstić information content (AvgIpc) is 2.43. The summed E-state index contributed by atoms with van der Waals surface area (Å²) in [7, 11) is 0. The summed E-state index contributed by atoms with van der Waals surface area (Å²) >= 11 is 0. The number of oxime groups is 1. The number of aryl methyl sites for hydroxylation is 1. The fraction of sp³-hybridized carbons (Fsp3) is 0.214. The fourth-order valence-corrected chi connectivity index (χ4v) is 1.66. The lowest BCUT2D eigenvalue weighted by Gasteiger charge is -2.00. The second kappa shape index (κ2) is 6.61. The minimum absolute atomic E-state index is 0.470. The van der Waals surface area contributed by atoms with Crippen LogP contribution in [-0.4, -0.2) is 11.4 Å². The van der Waals surface area contributed by atoms with Crippen LogP contribution in [0.4, 0.5) is 0 Å². The largest absolute Gasteiger partial charge is 0.411 e. The van der Waals surface area contributed by atoms with Crippen molar-refractivity contribution in [2.45, 2.75) is 20.4 Å². The molecule has 0 aromatic carbocycles. The van der Waals surface area contributed by atoms with Crippen LogP contribution in [0.3, 0.4) is 0 Å². The van der Waals surface area contributed by atoms with Crippen molar-refractivity contribution in [2.75, 3.05) is 0 Å². The zero-order valence-corrected chi connectivity index (χ0v) is 10.8. The number of ether oxygens (including phenoxy) is 1. The maximum Gasteiger partial charge on any atom is 0.258 e. The lowest BCUT2D eigenvalue weighted by atomic mass is 10.3. The Hall–Kier alpha value is -2.27. The molecule has 19 heavy (non-hydrogen) atoms. The van der Waals surface area contributed by atoms with Gasteiger partial charge in [0.2, 0.25) is 0 Å². The highest BCUT2D eigenvalue weighted by Crippen LogP contribution is 1.91. The molecule has 0 amide bonds. The predicted octanol–water partition coefficient (Wildman–Crippen LogP) is 1.01. The van der Waals surface area contributed by atoms with Crippen molar-refractivity contribution in [3.8, 4) is 0 Å². The monoisotopic (exact) mass is 259 g/mol. The van der Waals surface area contributed by atoms with Crippen LogP contribution in [-0.2, 0) is 18.2 Å². The Labute approximate surface area is 112 Å². The molecule has 98 valence electrons. The van der Waals surface area contributed by atoms with Gasteiger partial charge < -0.3 is 5.21 Å². The molecule has 2 aromatic heterocycles. The molecule has 0 bridgehead atoms. The lowest BCUT2D eigenvalue weighted by Crippen LogP contribution is -2.41. The SMILES string of the molecule is Cc1cccc[n+]1COC[n+]1ccc(/C=N/O)cc1. The van der Waals surface area contributed by atoms with Gasteiger partial charge in [0.25, 0.3) is 13.5 Å². The second-order valence-electron chi connectivity index (χ2n) is 4.16. The molecule has 5 nitrogen and oxygen atoms in total. The maximum atomic E-state index is 8.42. The summed E-state index contributed by atoms with van der Waals surface area (Å²) in [6, 6.07) is 9.72. The summed E-state index contributed by atoms with van der Waals surface area (Å²) < 4.78 is 9.57. The molecule has 0 saturated carbocycles. The molecule has 0 unspecified atom stereocenters. The molecule has 0 aliphatic rings. The van der Waals surface area contributed by atoms with Gasteiger partial charge in [0.15, 0.2) is 24.3 Å². The minimum atomic E-state index is 0.470. The van der Waals surface area contributed by atoms with Crippen LogP contribution in [0.15, 0.2) is 54.1 Å². The van der Waals surface area contributed by atoms with Crippen molar-refractivity contribution < 1.29 is 19.1 Å². The van der Waals surface area contributed by atoms with E-state index >= 15 is 0 Å². The van der Waals surface area contributed by atoms with Gasteiger partial charge in [-0.25, -0.2) is 0 Å². The van der Waals surface area contributed by atoms with Gasteiger partial charge >= 0.3 is 0 Å². The Kier molecular flexibility index (Phi) is 4.58. The Morgan fingerprint density at radius 2 is 1.95 bits per heavy atom. The van der Waals surface area contributed by atoms with Gasteiger partial charge in [-0.15, -0.1) is 0 Å². The first-order valence-electron chi connectivity index (χ1n) is 5.99. The first kappa shape index (κ1) is 13.2. The van der Waals surface area contributed by atoms with Crippen LogP contribution < -0.4 is 9.13 Å². The molecule has 0 radical (unpaired) electrons. The third-order valence-corrected chi connectivity index (χ3v) is 2.76. The number of pyridine rings is 2. The van der Waals surface area contributed by atoms with Gasteiger partial charge in [0, 0.05) is 36.8 Å². The summed E-state index contributed by atoms with van der Waals surface area (Å²) in [6.07, 6.45) is 7.12. The number of nitrogens with zero attached hydrogens (tertiary/aromatic N) is 3. The van der Waals surface area contributed by atoms with Crippen LogP contribution in [0.1, 0.15) is 11.3 Å². The highest BCUT2D eigenvalue weighted by molar-refractivity contribution is 5.78. The van der Waals surface area contributed by atoms with Gasteiger partial charge in [-0.05, 0) is 0 Å². The minimum Gasteiger partial charge on any atom is -0.411 e. The summed E-state index contributed by atoms with van der Waals surface area (Å²) in [6.45, 7) is 3.02. The molecule has 0 aliphatic carbocycles. The molecule has 2 heterocycles. The first-order chi connectivity index (χ1) is 9.29. The third-order valence-electron chi connectivity index (χ3n) is 2.76. The fourth-order valence-electron chi connectivity index (χ4n) is 1.66. The van der Waals surface area contributed by atoms with E-state index < -0.39 is 0 Å². The molecular weight excluding hydrogens is 242 g/mol. The Morgan fingerprint density at radius 1 is 1.16 bits per heavy atom. The van der Waals surface area contributed by atoms with Crippen molar-refractivity contribution in [2.24, 2.45) is 5.16 Å². The molecule has 0 atom stereocenters. The third kappa shape index (κ3) is 3.86. The number of aromatic nitrogens is 2. The van der Waals surface area contributed by atoms with E-state index in [-0.39, 0.29) is 0 Å². The molecule has 2 rings (SSSR count). The van der Waals surface area contributed by atoms with E-state index in [4.69, 9.17) is 9.94 Å². The van der Waals surface area contributed by atoms with Crippen LogP contribution in [0.25, 0.3) is 0 Å². The zero-order chi connectivity index (χ0) is 13.5. The van der Waals surface area contributed by atoms with Gasteiger partial charge in [0.1, 0.15) is 0 Å². The van der Waals surface area contributed by atoms with Gasteiger partial charge in [-0.2, -0.15) is 9.13 Å².